The third-order valence-corrected chi connectivity index (χ3v) is 3.49. The molecule has 0 aromatic carbocycles. The molecule has 0 aliphatic carbocycles. The summed E-state index contributed by atoms with van der Waals surface area (Å²) in [7, 11) is 0. The largest absolute Gasteiger partial charge is 0.326 e. The van der Waals surface area contributed by atoms with Crippen LogP contribution >= 0.6 is 0 Å². The number of nitrogens with zero attached hydrogens (tertiary/aromatic N) is 2. The van der Waals surface area contributed by atoms with Crippen LogP contribution in [0.25, 0.3) is 0 Å². The minimum absolute atomic E-state index is 0.441. The lowest BCUT2D eigenvalue weighted by atomic mass is 10.1. The fourth-order valence-electron chi connectivity index (χ4n) is 2.53. The first-order valence-electron chi connectivity index (χ1n) is 6.05. The maximum Gasteiger partial charge on any atom is 0.0180 e. The van der Waals surface area contributed by atoms with Gasteiger partial charge in [-0.2, -0.15) is 0 Å². The molecule has 0 amide bonds. The van der Waals surface area contributed by atoms with Crippen LogP contribution in [0.2, 0.25) is 0 Å². The molecule has 0 radical (unpaired) electrons. The fourth-order valence-corrected chi connectivity index (χ4v) is 2.53. The Hall–Kier alpha value is -0.120. The minimum atomic E-state index is 0.441. The van der Waals surface area contributed by atoms with Gasteiger partial charge >= 0.3 is 0 Å². The molecule has 14 heavy (non-hydrogen) atoms. The van der Waals surface area contributed by atoms with E-state index in [0.717, 1.165) is 6.54 Å². The highest BCUT2D eigenvalue weighted by molar-refractivity contribution is 4.78. The zero-order valence-corrected chi connectivity index (χ0v) is 9.12. The highest BCUT2D eigenvalue weighted by Gasteiger charge is 2.19. The zero-order valence-electron chi connectivity index (χ0n) is 9.12. The van der Waals surface area contributed by atoms with Gasteiger partial charge < -0.3 is 15.5 Å². The van der Waals surface area contributed by atoms with Crippen molar-refractivity contribution in [1.29, 1.82) is 0 Å². The highest BCUT2D eigenvalue weighted by Crippen LogP contribution is 2.10. The van der Waals surface area contributed by atoms with E-state index >= 15 is 0 Å². The molecular weight excluding hydrogens is 174 g/mol. The van der Waals surface area contributed by atoms with Crippen LogP contribution in [0.3, 0.4) is 0 Å². The second-order valence-corrected chi connectivity index (χ2v) is 4.75. The van der Waals surface area contributed by atoms with Gasteiger partial charge in [0.2, 0.25) is 0 Å². The van der Waals surface area contributed by atoms with E-state index in [9.17, 15) is 0 Å². The van der Waals surface area contributed by atoms with Gasteiger partial charge in [0.25, 0.3) is 0 Å². The molecule has 2 saturated heterocycles. The average Bonchev–Trinajstić information content (AvgIpc) is 2.63. The van der Waals surface area contributed by atoms with Crippen molar-refractivity contribution in [1.82, 2.24) is 9.80 Å². The van der Waals surface area contributed by atoms with Gasteiger partial charge in [-0.1, -0.05) is 6.42 Å². The molecule has 1 atom stereocenters. The van der Waals surface area contributed by atoms with Crippen molar-refractivity contribution >= 4 is 0 Å². The van der Waals surface area contributed by atoms with Crippen LogP contribution in [-0.4, -0.2) is 55.1 Å². The van der Waals surface area contributed by atoms with Gasteiger partial charge in [-0.05, 0) is 38.9 Å². The number of nitrogens with two attached hydrogens (primary N) is 1. The Balaban J connectivity index is 1.61. The van der Waals surface area contributed by atoms with E-state index in [0.29, 0.717) is 6.04 Å². The summed E-state index contributed by atoms with van der Waals surface area (Å²) >= 11 is 0. The molecule has 2 rings (SSSR count). The van der Waals surface area contributed by atoms with E-state index in [1.165, 1.54) is 58.4 Å². The Morgan fingerprint density at radius 1 is 0.929 bits per heavy atom. The van der Waals surface area contributed by atoms with Gasteiger partial charge in [0.15, 0.2) is 0 Å². The number of hydrogen-bond acceptors (Lipinski definition) is 3. The Morgan fingerprint density at radius 3 is 2.29 bits per heavy atom. The molecule has 2 aliphatic rings. The van der Waals surface area contributed by atoms with Crippen molar-refractivity contribution in [2.24, 2.45) is 5.73 Å². The van der Waals surface area contributed by atoms with Gasteiger partial charge in [-0.15, -0.1) is 0 Å². The summed E-state index contributed by atoms with van der Waals surface area (Å²) in [6.07, 6.45) is 5.43. The van der Waals surface area contributed by atoms with E-state index in [2.05, 4.69) is 9.80 Å². The maximum absolute atomic E-state index is 5.88. The van der Waals surface area contributed by atoms with Gasteiger partial charge in [-0.3, -0.25) is 0 Å². The summed E-state index contributed by atoms with van der Waals surface area (Å²) in [6, 6.07) is 0.441. The molecule has 0 spiro atoms. The normalized spacial score (nSPS) is 31.1. The first kappa shape index (κ1) is 10.4. The van der Waals surface area contributed by atoms with Gasteiger partial charge in [0.1, 0.15) is 0 Å². The molecule has 82 valence electrons. The van der Waals surface area contributed by atoms with Crippen molar-refractivity contribution in [3.05, 3.63) is 0 Å². The zero-order chi connectivity index (χ0) is 9.80. The van der Waals surface area contributed by atoms with Crippen molar-refractivity contribution in [2.45, 2.75) is 31.7 Å². The van der Waals surface area contributed by atoms with Crippen LogP contribution in [0.1, 0.15) is 25.7 Å². The fraction of sp³-hybridized carbons (Fsp3) is 1.00. The Morgan fingerprint density at radius 2 is 1.64 bits per heavy atom. The van der Waals surface area contributed by atoms with Crippen LogP contribution < -0.4 is 5.73 Å². The lowest BCUT2D eigenvalue weighted by Gasteiger charge is -2.28. The van der Waals surface area contributed by atoms with Crippen LogP contribution in [0.5, 0.6) is 0 Å². The predicted octanol–water partition coefficient (Wildman–Crippen LogP) is 0.505. The van der Waals surface area contributed by atoms with Crippen molar-refractivity contribution in [2.75, 3.05) is 39.3 Å². The molecule has 0 bridgehead atoms. The van der Waals surface area contributed by atoms with Crippen molar-refractivity contribution in [3.63, 3.8) is 0 Å². The first-order chi connectivity index (χ1) is 6.84. The minimum Gasteiger partial charge on any atom is -0.326 e. The molecule has 2 aliphatic heterocycles. The Bertz CT molecular complexity index is 161. The highest BCUT2D eigenvalue weighted by atomic mass is 15.2. The maximum atomic E-state index is 5.88. The second kappa shape index (κ2) is 5.10. The summed E-state index contributed by atoms with van der Waals surface area (Å²) in [6.45, 7) is 7.46. The average molecular weight is 197 g/mol. The lowest BCUT2D eigenvalue weighted by molar-refractivity contribution is 0.195. The molecule has 2 N–H and O–H groups in total. The van der Waals surface area contributed by atoms with Crippen molar-refractivity contribution in [3.8, 4) is 0 Å². The van der Waals surface area contributed by atoms with Crippen LogP contribution in [0.4, 0.5) is 0 Å². The van der Waals surface area contributed by atoms with E-state index in [-0.39, 0.29) is 0 Å². The quantitative estimate of drug-likeness (QED) is 0.715. The number of hydrogen-bond donors (Lipinski definition) is 1. The summed E-state index contributed by atoms with van der Waals surface area (Å²) in [5.74, 6) is 0. The van der Waals surface area contributed by atoms with Crippen LogP contribution in [0.15, 0.2) is 0 Å². The van der Waals surface area contributed by atoms with Crippen LogP contribution in [0, 0.1) is 0 Å². The van der Waals surface area contributed by atoms with Gasteiger partial charge in [-0.25, -0.2) is 0 Å². The Kier molecular flexibility index (Phi) is 3.79. The van der Waals surface area contributed by atoms with E-state index in [4.69, 9.17) is 5.73 Å². The molecule has 0 unspecified atom stereocenters. The lowest BCUT2D eigenvalue weighted by Crippen LogP contribution is -2.37. The smallest absolute Gasteiger partial charge is 0.0180 e. The number of likely N-dealkylation sites (tertiary alicyclic amines) is 2. The molecule has 2 fully saturated rings. The first-order valence-corrected chi connectivity index (χ1v) is 6.05. The molecule has 2 heterocycles. The predicted molar refractivity (Wildman–Crippen MR) is 59.3 cm³/mol. The molecule has 3 nitrogen and oxygen atoms in total. The van der Waals surface area contributed by atoms with E-state index < -0.39 is 0 Å². The summed E-state index contributed by atoms with van der Waals surface area (Å²) in [5.41, 5.74) is 5.88. The van der Waals surface area contributed by atoms with E-state index in [1.54, 1.807) is 0 Å². The molecule has 0 aromatic heterocycles. The second-order valence-electron chi connectivity index (χ2n) is 4.75. The standard InChI is InChI=1S/C11H23N3/c12-11-4-7-14(10-11)9-8-13-5-2-1-3-6-13/h11H,1-10,12H2/t11-/m0/s1. The summed E-state index contributed by atoms with van der Waals surface area (Å²) < 4.78 is 0. The van der Waals surface area contributed by atoms with E-state index in [1.807, 2.05) is 0 Å². The monoisotopic (exact) mass is 197 g/mol. The van der Waals surface area contributed by atoms with Crippen LogP contribution in [-0.2, 0) is 0 Å². The van der Waals surface area contributed by atoms with Gasteiger partial charge in [0.05, 0.1) is 0 Å². The molecular formula is C11H23N3. The van der Waals surface area contributed by atoms with Gasteiger partial charge in [0, 0.05) is 25.7 Å². The summed E-state index contributed by atoms with van der Waals surface area (Å²) in [5, 5.41) is 0. The number of piperidine rings is 1. The SMILES string of the molecule is N[C@H]1CCN(CCN2CCCCC2)C1. The Labute approximate surface area is 87.2 Å². The third-order valence-electron chi connectivity index (χ3n) is 3.49. The molecule has 0 aromatic rings. The van der Waals surface area contributed by atoms with Crippen molar-refractivity contribution < 1.29 is 0 Å². The molecule has 0 saturated carbocycles. The topological polar surface area (TPSA) is 32.5 Å². The number of rotatable bonds is 3. The summed E-state index contributed by atoms with van der Waals surface area (Å²) in [4.78, 5) is 5.12. The molecule has 3 heteroatoms. The third kappa shape index (κ3) is 2.94.